The molecular weight excluding hydrogens is 224 g/mol. The van der Waals surface area contributed by atoms with Gasteiger partial charge in [-0.1, -0.05) is 38.1 Å². The largest absolute Gasteiger partial charge is 0.348 e. The van der Waals surface area contributed by atoms with Crippen molar-refractivity contribution < 1.29 is 4.79 Å². The van der Waals surface area contributed by atoms with Gasteiger partial charge in [0.2, 0.25) is 5.91 Å². The number of hydrogen-bond donors (Lipinski definition) is 2. The molecule has 0 saturated heterocycles. The van der Waals surface area contributed by atoms with E-state index in [1.165, 1.54) is 11.1 Å². The molecule has 2 unspecified atom stereocenters. The van der Waals surface area contributed by atoms with Crippen molar-refractivity contribution in [1.29, 1.82) is 0 Å². The van der Waals surface area contributed by atoms with Crippen molar-refractivity contribution >= 4 is 5.91 Å². The fourth-order valence-electron chi connectivity index (χ4n) is 2.60. The Morgan fingerprint density at radius 2 is 2.17 bits per heavy atom. The first-order valence-electron chi connectivity index (χ1n) is 6.71. The smallest absolute Gasteiger partial charge is 0.237 e. The number of aryl methyl sites for hydroxylation is 1. The molecule has 0 aliphatic heterocycles. The number of nitrogens with two attached hydrogens (primary N) is 1. The van der Waals surface area contributed by atoms with Gasteiger partial charge in [-0.25, -0.2) is 0 Å². The third-order valence-corrected chi connectivity index (χ3v) is 3.51. The molecule has 2 atom stereocenters. The van der Waals surface area contributed by atoms with Crippen molar-refractivity contribution in [2.75, 3.05) is 0 Å². The molecule has 3 heteroatoms. The highest BCUT2D eigenvalue weighted by molar-refractivity contribution is 5.82. The number of amides is 1. The van der Waals surface area contributed by atoms with Crippen LogP contribution in [0.5, 0.6) is 0 Å². The summed E-state index contributed by atoms with van der Waals surface area (Å²) in [5.41, 5.74) is 8.50. The van der Waals surface area contributed by atoms with Gasteiger partial charge in [0.1, 0.15) is 0 Å². The van der Waals surface area contributed by atoms with E-state index < -0.39 is 6.04 Å². The van der Waals surface area contributed by atoms with Crippen LogP contribution >= 0.6 is 0 Å². The normalized spacial score (nSPS) is 19.7. The lowest BCUT2D eigenvalue weighted by Crippen LogP contribution is -2.42. The second kappa shape index (κ2) is 5.53. The van der Waals surface area contributed by atoms with Crippen LogP contribution in [0.2, 0.25) is 0 Å². The fourth-order valence-corrected chi connectivity index (χ4v) is 2.60. The van der Waals surface area contributed by atoms with Crippen molar-refractivity contribution in [1.82, 2.24) is 5.32 Å². The Morgan fingerprint density at radius 3 is 2.89 bits per heavy atom. The fraction of sp³-hybridized carbons (Fsp3) is 0.533. The summed E-state index contributed by atoms with van der Waals surface area (Å²) < 4.78 is 0. The lowest BCUT2D eigenvalue weighted by molar-refractivity contribution is -0.123. The van der Waals surface area contributed by atoms with Gasteiger partial charge in [-0.2, -0.15) is 0 Å². The Balaban J connectivity index is 1.97. The highest BCUT2D eigenvalue weighted by Gasteiger charge is 2.25. The third kappa shape index (κ3) is 2.91. The predicted octanol–water partition coefficient (Wildman–Crippen LogP) is 2.16. The second-order valence-electron chi connectivity index (χ2n) is 5.53. The lowest BCUT2D eigenvalue weighted by atomic mass is 10.0. The zero-order chi connectivity index (χ0) is 13.1. The van der Waals surface area contributed by atoms with E-state index >= 15 is 0 Å². The van der Waals surface area contributed by atoms with Crippen molar-refractivity contribution in [3.8, 4) is 0 Å². The first-order chi connectivity index (χ1) is 8.58. The Kier molecular flexibility index (Phi) is 4.02. The zero-order valence-electron chi connectivity index (χ0n) is 11.1. The third-order valence-electron chi connectivity index (χ3n) is 3.51. The summed E-state index contributed by atoms with van der Waals surface area (Å²) >= 11 is 0. The van der Waals surface area contributed by atoms with Crippen LogP contribution in [-0.2, 0) is 11.2 Å². The van der Waals surface area contributed by atoms with Gasteiger partial charge < -0.3 is 11.1 Å². The van der Waals surface area contributed by atoms with Crippen molar-refractivity contribution in [3.63, 3.8) is 0 Å². The van der Waals surface area contributed by atoms with Gasteiger partial charge in [-0.05, 0) is 36.3 Å². The summed E-state index contributed by atoms with van der Waals surface area (Å²) in [6, 6.07) is 8.06. The molecular formula is C15H22N2O. The second-order valence-corrected chi connectivity index (χ2v) is 5.53. The minimum atomic E-state index is -0.391. The molecule has 1 aromatic rings. The molecule has 0 saturated carbocycles. The molecule has 0 spiro atoms. The number of benzene rings is 1. The highest BCUT2D eigenvalue weighted by atomic mass is 16.2. The van der Waals surface area contributed by atoms with E-state index in [1.807, 2.05) is 12.1 Å². The number of carbonyl (C=O) groups is 1. The Bertz CT molecular complexity index is 428. The van der Waals surface area contributed by atoms with Gasteiger partial charge >= 0.3 is 0 Å². The highest BCUT2D eigenvalue weighted by Crippen LogP contribution is 2.30. The van der Waals surface area contributed by atoms with E-state index in [9.17, 15) is 4.79 Å². The molecule has 2 rings (SSSR count). The van der Waals surface area contributed by atoms with E-state index in [0.717, 1.165) is 19.3 Å². The molecule has 0 bridgehead atoms. The van der Waals surface area contributed by atoms with Crippen LogP contribution in [0.1, 0.15) is 43.9 Å². The lowest BCUT2D eigenvalue weighted by Gasteiger charge is -2.19. The van der Waals surface area contributed by atoms with E-state index in [0.29, 0.717) is 5.92 Å². The van der Waals surface area contributed by atoms with Crippen LogP contribution in [0.15, 0.2) is 24.3 Å². The molecule has 0 radical (unpaired) electrons. The molecule has 3 N–H and O–H groups in total. The molecule has 3 nitrogen and oxygen atoms in total. The van der Waals surface area contributed by atoms with Crippen LogP contribution in [0.3, 0.4) is 0 Å². The summed E-state index contributed by atoms with van der Waals surface area (Å²) in [7, 11) is 0. The van der Waals surface area contributed by atoms with Gasteiger partial charge in [0.15, 0.2) is 0 Å². The molecule has 0 fully saturated rings. The van der Waals surface area contributed by atoms with Gasteiger partial charge in [-0.3, -0.25) is 4.79 Å². The number of nitrogens with one attached hydrogen (secondary N) is 1. The van der Waals surface area contributed by atoms with E-state index in [4.69, 9.17) is 5.73 Å². The Labute approximate surface area is 109 Å². The monoisotopic (exact) mass is 246 g/mol. The molecule has 18 heavy (non-hydrogen) atoms. The number of rotatable bonds is 4. The van der Waals surface area contributed by atoms with Crippen molar-refractivity contribution in [2.24, 2.45) is 11.7 Å². The average Bonchev–Trinajstić information content (AvgIpc) is 2.72. The molecule has 1 amide bonds. The quantitative estimate of drug-likeness (QED) is 0.855. The molecule has 1 aromatic carbocycles. The first-order valence-corrected chi connectivity index (χ1v) is 6.71. The van der Waals surface area contributed by atoms with E-state index in [2.05, 4.69) is 31.3 Å². The maximum Gasteiger partial charge on any atom is 0.237 e. The van der Waals surface area contributed by atoms with Crippen LogP contribution < -0.4 is 11.1 Å². The van der Waals surface area contributed by atoms with E-state index in [1.54, 1.807) is 0 Å². The van der Waals surface area contributed by atoms with Crippen LogP contribution in [0, 0.1) is 5.92 Å². The molecule has 0 heterocycles. The topological polar surface area (TPSA) is 55.1 Å². The average molecular weight is 246 g/mol. The molecule has 1 aliphatic carbocycles. The van der Waals surface area contributed by atoms with Gasteiger partial charge in [0, 0.05) is 0 Å². The minimum absolute atomic E-state index is 0.0228. The standard InChI is InChI=1S/C15H22N2O/c1-10(2)9-13(16)15(18)17-14-8-7-11-5-3-4-6-12(11)14/h3-6,10,13-14H,7-9,16H2,1-2H3,(H,17,18). The zero-order valence-corrected chi connectivity index (χ0v) is 11.1. The van der Waals surface area contributed by atoms with Crippen LogP contribution in [-0.4, -0.2) is 11.9 Å². The van der Waals surface area contributed by atoms with Crippen LogP contribution in [0.25, 0.3) is 0 Å². The van der Waals surface area contributed by atoms with Gasteiger partial charge in [0.05, 0.1) is 12.1 Å². The van der Waals surface area contributed by atoms with Gasteiger partial charge in [0.25, 0.3) is 0 Å². The summed E-state index contributed by atoms with van der Waals surface area (Å²) in [6.45, 7) is 4.16. The number of carbonyl (C=O) groups excluding carboxylic acids is 1. The number of fused-ring (bicyclic) bond motifs is 1. The molecule has 1 aliphatic rings. The molecule has 98 valence electrons. The molecule has 0 aromatic heterocycles. The summed E-state index contributed by atoms with van der Waals surface area (Å²) in [5.74, 6) is 0.423. The van der Waals surface area contributed by atoms with Crippen molar-refractivity contribution in [3.05, 3.63) is 35.4 Å². The van der Waals surface area contributed by atoms with Gasteiger partial charge in [-0.15, -0.1) is 0 Å². The summed E-state index contributed by atoms with van der Waals surface area (Å²) in [6.07, 6.45) is 2.76. The Hall–Kier alpha value is -1.35. The Morgan fingerprint density at radius 1 is 1.44 bits per heavy atom. The van der Waals surface area contributed by atoms with E-state index in [-0.39, 0.29) is 11.9 Å². The SMILES string of the molecule is CC(C)CC(N)C(=O)NC1CCc2ccccc21. The first kappa shape index (κ1) is 13.1. The summed E-state index contributed by atoms with van der Waals surface area (Å²) in [5, 5.41) is 3.08. The van der Waals surface area contributed by atoms with Crippen LogP contribution in [0.4, 0.5) is 0 Å². The van der Waals surface area contributed by atoms with Crippen molar-refractivity contribution in [2.45, 2.75) is 45.2 Å². The maximum atomic E-state index is 12.0. The maximum absolute atomic E-state index is 12.0. The summed E-state index contributed by atoms with van der Waals surface area (Å²) in [4.78, 5) is 12.0. The predicted molar refractivity (Wildman–Crippen MR) is 73.1 cm³/mol. The number of hydrogen-bond acceptors (Lipinski definition) is 2. The minimum Gasteiger partial charge on any atom is -0.348 e.